The molecule has 21 rings (SSSR count). The normalized spacial score (nSPS) is 32.0. The van der Waals surface area contributed by atoms with E-state index in [9.17, 15) is 45.0 Å². The molecular formula is C84H102N6O12. The first-order valence-electron chi connectivity index (χ1n) is 37.1. The second-order valence-electron chi connectivity index (χ2n) is 30.9. The lowest BCUT2D eigenvalue weighted by molar-refractivity contribution is -0.949. The number of allylic oxidation sites excluding steroid dienone is 6. The number of nitrogens with zero attached hydrogens (tertiary/aromatic N) is 4. The molecule has 18 nitrogen and oxygen atoms in total. The lowest BCUT2D eigenvalue weighted by Crippen LogP contribution is -3.20. The Bertz CT molecular complexity index is 3850. The van der Waals surface area contributed by atoms with Crippen molar-refractivity contribution in [3.05, 3.63) is 180 Å². The van der Waals surface area contributed by atoms with Crippen molar-refractivity contribution in [2.24, 2.45) is 71.0 Å². The number of fused-ring (bicyclic) bond motifs is 15. The fourth-order valence-corrected chi connectivity index (χ4v) is 19.3. The zero-order chi connectivity index (χ0) is 71.9. The SMILES string of the molecule is C=CC1CN2CCC1CC2[C@H](O)c1ccnc2ccc(OC)cc12.C=CC1C[NH+]2CCC1CC2[C@H](O)c1ccnc2ccc(OC)cc12.C=CC1C[NH+]2CCC1CC2[C@H](O)c1ccnc2ccc(OC)cc12.CC(=O)C1=C(O)CC2CC12.CC(=O)C1=C([O-])C[C@@H]2C[C@H]12.CC(=O)C1=C([O-])C[C@H]2C[C@@H]12. The third kappa shape index (κ3) is 14.9. The van der Waals surface area contributed by atoms with Crippen LogP contribution in [-0.4, -0.2) is 136 Å². The Labute approximate surface area is 599 Å². The Kier molecular flexibility index (Phi) is 21.7. The molecule has 102 heavy (non-hydrogen) atoms. The minimum Gasteiger partial charge on any atom is -0.875 e. The summed E-state index contributed by atoms with van der Waals surface area (Å²) in [6.07, 6.45) is 22.5. The first-order chi connectivity index (χ1) is 49.2. The molecule has 14 unspecified atom stereocenters. The van der Waals surface area contributed by atoms with Crippen LogP contribution in [0.5, 0.6) is 17.2 Å². The van der Waals surface area contributed by atoms with Gasteiger partial charge in [-0.25, -0.2) is 0 Å². The monoisotopic (exact) mass is 1390 g/mol. The van der Waals surface area contributed by atoms with E-state index < -0.39 is 18.3 Å². The average molecular weight is 1390 g/mol. The third-order valence-electron chi connectivity index (χ3n) is 25.1. The predicted octanol–water partition coefficient (Wildman–Crippen LogP) is 8.57. The predicted molar refractivity (Wildman–Crippen MR) is 388 cm³/mol. The van der Waals surface area contributed by atoms with Crippen molar-refractivity contribution in [3.63, 3.8) is 0 Å². The number of aliphatic hydroxyl groups is 4. The molecule has 12 heterocycles. The third-order valence-corrected chi connectivity index (χ3v) is 25.1. The van der Waals surface area contributed by atoms with Gasteiger partial charge >= 0.3 is 0 Å². The molecule has 3 aromatic heterocycles. The fraction of sp³-hybridized carbons (Fsp3) is 0.500. The fourth-order valence-electron chi connectivity index (χ4n) is 19.3. The van der Waals surface area contributed by atoms with Crippen LogP contribution in [0.15, 0.2) is 163 Å². The number of piperidine rings is 9. The minimum atomic E-state index is -0.504. The van der Waals surface area contributed by atoms with Crippen molar-refractivity contribution < 1.29 is 69.0 Å². The second kappa shape index (κ2) is 30.7. The van der Waals surface area contributed by atoms with Gasteiger partial charge in [0.05, 0.1) is 75.9 Å². The molecule has 6 bridgehead atoms. The van der Waals surface area contributed by atoms with Crippen LogP contribution in [0, 0.1) is 71.0 Å². The molecular weight excluding hydrogens is 1280 g/mol. The van der Waals surface area contributed by atoms with Gasteiger partial charge < -0.3 is 54.6 Å². The Morgan fingerprint density at radius 3 is 1.19 bits per heavy atom. The summed E-state index contributed by atoms with van der Waals surface area (Å²) in [6, 6.07) is 24.1. The van der Waals surface area contributed by atoms with Crippen LogP contribution in [0.3, 0.4) is 0 Å². The van der Waals surface area contributed by atoms with Gasteiger partial charge in [-0.15, -0.1) is 31.3 Å². The van der Waals surface area contributed by atoms with Crippen molar-refractivity contribution >= 4 is 50.1 Å². The van der Waals surface area contributed by atoms with Gasteiger partial charge in [0.25, 0.3) is 0 Å². The summed E-state index contributed by atoms with van der Waals surface area (Å²) in [5, 5.41) is 67.7. The number of nitrogens with one attached hydrogen (secondary N) is 2. The lowest BCUT2D eigenvalue weighted by Gasteiger charge is -2.50. The quantitative estimate of drug-likeness (QED) is 0.0526. The first-order valence-corrected chi connectivity index (χ1v) is 37.1. The summed E-state index contributed by atoms with van der Waals surface area (Å²) in [7, 11) is 4.99. The molecule has 6 N–H and O–H groups in total. The Morgan fingerprint density at radius 1 is 0.510 bits per heavy atom. The molecule has 0 spiro atoms. The van der Waals surface area contributed by atoms with E-state index in [0.29, 0.717) is 106 Å². The molecule has 9 saturated heterocycles. The van der Waals surface area contributed by atoms with Gasteiger partial charge in [0.2, 0.25) is 0 Å². The van der Waals surface area contributed by atoms with E-state index in [1.807, 2.05) is 72.8 Å². The van der Waals surface area contributed by atoms with E-state index in [4.69, 9.17) is 14.2 Å². The number of benzene rings is 3. The van der Waals surface area contributed by atoms with Crippen molar-refractivity contribution in [1.29, 1.82) is 0 Å². The molecule has 12 fully saturated rings. The molecule has 9 aliphatic heterocycles. The molecule has 540 valence electrons. The van der Waals surface area contributed by atoms with Crippen LogP contribution in [0.4, 0.5) is 0 Å². The zero-order valence-electron chi connectivity index (χ0n) is 60.0. The highest BCUT2D eigenvalue weighted by molar-refractivity contribution is 5.96. The zero-order valence-corrected chi connectivity index (χ0v) is 60.0. The number of methoxy groups -OCH3 is 3. The number of ether oxygens (including phenoxy) is 3. The number of pyridine rings is 3. The van der Waals surface area contributed by atoms with Crippen LogP contribution in [0.2, 0.25) is 0 Å². The summed E-state index contributed by atoms with van der Waals surface area (Å²) in [5.74, 6) is 9.63. The molecule has 15 aliphatic rings. The van der Waals surface area contributed by atoms with Gasteiger partial charge in [-0.2, -0.15) is 0 Å². The number of hydrogen-bond donors (Lipinski definition) is 6. The highest BCUT2D eigenvalue weighted by atomic mass is 16.5. The lowest BCUT2D eigenvalue weighted by atomic mass is 9.73. The van der Waals surface area contributed by atoms with Gasteiger partial charge in [0, 0.05) is 96.8 Å². The van der Waals surface area contributed by atoms with Gasteiger partial charge in [0.15, 0.2) is 17.3 Å². The van der Waals surface area contributed by atoms with E-state index in [1.54, 1.807) is 39.9 Å². The average Bonchev–Trinajstić information content (AvgIpc) is 1.65. The Hall–Kier alpha value is -8.10. The Morgan fingerprint density at radius 2 is 0.892 bits per heavy atom. The number of quaternary nitrogens is 2. The standard InChI is InChI=1S/3C20H24N2O2.3C8H10O2/c3*1-3-13-12-22-9-7-14(13)10-19(22)20(23)16-6-8-21-18-5-4-15(24-2)11-17(16)18;3*1-4(9)8-6-2-5(6)3-7(8)10/h3*3-6,8,11,13-14,19-20,23H,1,7,9-10,12H2,2H3;3*5-6,10H,2-3H2,1H3/t3*13?,14?,19?,20-;2*5-,6-;/m11110./s1. The maximum atomic E-state index is 11.2. The van der Waals surface area contributed by atoms with Gasteiger partial charge in [-0.05, 0) is 232 Å². The molecule has 3 aromatic carbocycles. The number of aliphatic hydroxyl groups excluding tert-OH is 4. The van der Waals surface area contributed by atoms with Gasteiger partial charge in [-0.3, -0.25) is 34.2 Å². The van der Waals surface area contributed by atoms with Gasteiger partial charge in [0.1, 0.15) is 41.5 Å². The Balaban J connectivity index is 0.000000114. The topological polar surface area (TPSA) is 257 Å². The summed E-state index contributed by atoms with van der Waals surface area (Å²) in [6.45, 7) is 23.1. The first kappa shape index (κ1) is 72.3. The number of carbonyl (C=O) groups excluding carboxylic acids is 3. The van der Waals surface area contributed by atoms with Crippen LogP contribution in [0.25, 0.3) is 32.7 Å². The molecule has 6 aliphatic carbocycles. The minimum absolute atomic E-state index is 0.00463. The van der Waals surface area contributed by atoms with E-state index in [-0.39, 0.29) is 47.0 Å². The second-order valence-corrected chi connectivity index (χ2v) is 30.9. The van der Waals surface area contributed by atoms with Gasteiger partial charge in [-0.1, -0.05) is 18.2 Å². The number of Topliss-reactive ketones (excluding diaryl/α,β-unsaturated/α-hetero) is 3. The van der Waals surface area contributed by atoms with Crippen LogP contribution in [0.1, 0.15) is 133 Å². The number of carbonyl (C=O) groups is 3. The molecule has 0 amide bonds. The van der Waals surface area contributed by atoms with Crippen LogP contribution >= 0.6 is 0 Å². The van der Waals surface area contributed by atoms with Crippen molar-refractivity contribution in [2.45, 2.75) is 134 Å². The van der Waals surface area contributed by atoms with E-state index in [0.717, 1.165) is 151 Å². The van der Waals surface area contributed by atoms with Crippen LogP contribution < -0.4 is 34.2 Å². The van der Waals surface area contributed by atoms with E-state index in [1.165, 1.54) is 49.8 Å². The summed E-state index contributed by atoms with van der Waals surface area (Å²) in [4.78, 5) is 51.3. The number of aromatic nitrogens is 3. The number of hydrogen-bond acceptors (Lipinski definition) is 16. The van der Waals surface area contributed by atoms with Crippen molar-refractivity contribution in [3.8, 4) is 17.2 Å². The largest absolute Gasteiger partial charge is 0.875 e. The number of ketones is 3. The molecule has 3 saturated carbocycles. The van der Waals surface area contributed by atoms with Crippen LogP contribution in [-0.2, 0) is 14.4 Å². The smallest absolute Gasteiger partial charge is 0.159 e. The summed E-state index contributed by atoms with van der Waals surface area (Å²) >= 11 is 0. The van der Waals surface area contributed by atoms with Crippen molar-refractivity contribution in [2.75, 3.05) is 60.6 Å². The summed E-state index contributed by atoms with van der Waals surface area (Å²) < 4.78 is 16.1. The highest BCUT2D eigenvalue weighted by Crippen LogP contribution is 2.56. The van der Waals surface area contributed by atoms with E-state index >= 15 is 0 Å². The number of rotatable bonds is 15. The van der Waals surface area contributed by atoms with Crippen molar-refractivity contribution in [1.82, 2.24) is 19.9 Å². The molecule has 0 radical (unpaired) electrons. The summed E-state index contributed by atoms with van der Waals surface area (Å²) in [5.41, 5.74) is 7.52. The molecule has 18 heteroatoms. The maximum Gasteiger partial charge on any atom is 0.159 e. The highest BCUT2D eigenvalue weighted by Gasteiger charge is 2.51. The maximum absolute atomic E-state index is 11.2. The molecule has 21 atom stereocenters. The van der Waals surface area contributed by atoms with E-state index in [2.05, 4.69) is 57.8 Å². The molecule has 6 aromatic rings.